The normalized spacial score (nSPS) is 11.6. The predicted molar refractivity (Wildman–Crippen MR) is 122 cm³/mol. The number of hydrogen-bond acceptors (Lipinski definition) is 3. The molecule has 30 heavy (non-hydrogen) atoms. The second-order valence-electron chi connectivity index (χ2n) is 7.40. The molecule has 0 saturated carbocycles. The summed E-state index contributed by atoms with van der Waals surface area (Å²) in [5.74, 6) is 0. The number of nitrogens with two attached hydrogens (primary N) is 1. The van der Waals surface area contributed by atoms with Gasteiger partial charge in [-0.2, -0.15) is 0 Å². The first kappa shape index (κ1) is 23.2. The van der Waals surface area contributed by atoms with Gasteiger partial charge in [0.05, 0.1) is 6.17 Å². The molecule has 6 N–H and O–H groups in total. The van der Waals surface area contributed by atoms with Crippen molar-refractivity contribution in [2.45, 2.75) is 45.7 Å². The van der Waals surface area contributed by atoms with Crippen molar-refractivity contribution in [2.24, 2.45) is 5.73 Å². The Labute approximate surface area is 178 Å². The molecule has 0 aliphatic heterocycles. The SMILES string of the molecule is CCCc1cc(C)ccc1CC(NCCc1cccc(NC(=O)NC)c1)NC(N)=O. The molecular weight excluding hydrogens is 378 g/mol. The molecule has 2 aromatic carbocycles. The van der Waals surface area contributed by atoms with E-state index in [1.807, 2.05) is 24.3 Å². The quantitative estimate of drug-likeness (QED) is 0.388. The summed E-state index contributed by atoms with van der Waals surface area (Å²) in [6.07, 6.45) is 3.23. The van der Waals surface area contributed by atoms with Crippen LogP contribution in [0.25, 0.3) is 0 Å². The van der Waals surface area contributed by atoms with Gasteiger partial charge in [0, 0.05) is 25.7 Å². The number of rotatable bonds is 10. The summed E-state index contributed by atoms with van der Waals surface area (Å²) in [7, 11) is 1.58. The van der Waals surface area contributed by atoms with Gasteiger partial charge in [-0.15, -0.1) is 0 Å². The van der Waals surface area contributed by atoms with Crippen molar-refractivity contribution in [3.63, 3.8) is 0 Å². The summed E-state index contributed by atoms with van der Waals surface area (Å²) in [6.45, 7) is 4.91. The van der Waals surface area contributed by atoms with Crippen molar-refractivity contribution < 1.29 is 9.59 Å². The molecule has 0 saturated heterocycles. The summed E-state index contributed by atoms with van der Waals surface area (Å²) in [5.41, 5.74) is 11.0. The van der Waals surface area contributed by atoms with Crippen molar-refractivity contribution in [1.82, 2.24) is 16.0 Å². The van der Waals surface area contributed by atoms with Crippen molar-refractivity contribution >= 4 is 17.7 Å². The van der Waals surface area contributed by atoms with Gasteiger partial charge < -0.3 is 21.7 Å². The van der Waals surface area contributed by atoms with Gasteiger partial charge in [-0.1, -0.05) is 49.2 Å². The minimum absolute atomic E-state index is 0.253. The van der Waals surface area contributed by atoms with Gasteiger partial charge >= 0.3 is 12.1 Å². The van der Waals surface area contributed by atoms with E-state index in [-0.39, 0.29) is 12.2 Å². The summed E-state index contributed by atoms with van der Waals surface area (Å²) in [5, 5.41) is 11.5. The topological polar surface area (TPSA) is 108 Å². The van der Waals surface area contributed by atoms with E-state index in [9.17, 15) is 9.59 Å². The number of anilines is 1. The van der Waals surface area contributed by atoms with Gasteiger partial charge in [-0.25, -0.2) is 9.59 Å². The smallest absolute Gasteiger partial charge is 0.318 e. The first-order valence-electron chi connectivity index (χ1n) is 10.4. The fraction of sp³-hybridized carbons (Fsp3) is 0.391. The Morgan fingerprint density at radius 2 is 1.87 bits per heavy atom. The molecule has 7 heteroatoms. The van der Waals surface area contributed by atoms with Crippen molar-refractivity contribution in [3.05, 3.63) is 64.7 Å². The Morgan fingerprint density at radius 3 is 2.57 bits per heavy atom. The number of urea groups is 2. The van der Waals surface area contributed by atoms with Crippen molar-refractivity contribution in [1.29, 1.82) is 0 Å². The second kappa shape index (κ2) is 11.8. The maximum Gasteiger partial charge on any atom is 0.318 e. The average Bonchev–Trinajstić information content (AvgIpc) is 2.70. The lowest BCUT2D eigenvalue weighted by Gasteiger charge is -2.21. The minimum Gasteiger partial charge on any atom is -0.352 e. The van der Waals surface area contributed by atoms with E-state index >= 15 is 0 Å². The summed E-state index contributed by atoms with van der Waals surface area (Å²) in [6, 6.07) is 13.3. The lowest BCUT2D eigenvalue weighted by molar-refractivity contribution is 0.242. The Hall–Kier alpha value is -3.06. The molecule has 0 spiro atoms. The Morgan fingerprint density at radius 1 is 1.07 bits per heavy atom. The second-order valence-corrected chi connectivity index (χ2v) is 7.40. The van der Waals surface area contributed by atoms with Crippen LogP contribution in [-0.2, 0) is 19.3 Å². The zero-order valence-corrected chi connectivity index (χ0v) is 18.0. The lowest BCUT2D eigenvalue weighted by Crippen LogP contribution is -2.49. The number of hydrogen-bond donors (Lipinski definition) is 5. The van der Waals surface area contributed by atoms with E-state index in [1.165, 1.54) is 16.7 Å². The lowest BCUT2D eigenvalue weighted by atomic mass is 9.97. The number of nitrogens with one attached hydrogen (secondary N) is 4. The third kappa shape index (κ3) is 7.75. The summed E-state index contributed by atoms with van der Waals surface area (Å²) in [4.78, 5) is 23.0. The Kier molecular flexibility index (Phi) is 9.15. The van der Waals surface area contributed by atoms with Crippen molar-refractivity contribution in [2.75, 3.05) is 18.9 Å². The fourth-order valence-electron chi connectivity index (χ4n) is 3.41. The molecule has 2 aromatic rings. The number of carbonyl (C=O) groups excluding carboxylic acids is 2. The molecule has 0 aliphatic rings. The molecular formula is C23H33N5O2. The first-order chi connectivity index (χ1) is 14.4. The van der Waals surface area contributed by atoms with Crippen LogP contribution in [0.2, 0.25) is 0 Å². The van der Waals surface area contributed by atoms with Crippen LogP contribution in [-0.4, -0.2) is 31.8 Å². The van der Waals surface area contributed by atoms with Crippen LogP contribution in [0.15, 0.2) is 42.5 Å². The van der Waals surface area contributed by atoms with Gasteiger partial charge in [-0.05, 0) is 48.6 Å². The van der Waals surface area contributed by atoms with Gasteiger partial charge in [0.2, 0.25) is 0 Å². The number of carbonyl (C=O) groups is 2. The maximum absolute atomic E-state index is 11.5. The number of aryl methyl sites for hydroxylation is 2. The van der Waals surface area contributed by atoms with E-state index in [0.29, 0.717) is 13.0 Å². The zero-order chi connectivity index (χ0) is 21.9. The van der Waals surface area contributed by atoms with E-state index < -0.39 is 6.03 Å². The third-order valence-electron chi connectivity index (χ3n) is 4.84. The van der Waals surface area contributed by atoms with Crippen LogP contribution >= 0.6 is 0 Å². The zero-order valence-electron chi connectivity index (χ0n) is 18.0. The standard InChI is InChI=1S/C23H33N5O2/c1-4-6-18-13-16(2)9-10-19(18)15-21(28-22(24)29)26-12-11-17-7-5-8-20(14-17)27-23(30)25-3/h5,7-10,13-14,21,26H,4,6,11-12,15H2,1-3H3,(H3,24,28,29)(H2,25,27,30). The van der Waals surface area contributed by atoms with Crippen LogP contribution in [0.4, 0.5) is 15.3 Å². The molecule has 1 unspecified atom stereocenters. The Bertz CT molecular complexity index is 853. The summed E-state index contributed by atoms with van der Waals surface area (Å²) < 4.78 is 0. The largest absolute Gasteiger partial charge is 0.352 e. The molecule has 0 fully saturated rings. The van der Waals surface area contributed by atoms with E-state index in [1.54, 1.807) is 7.05 Å². The Balaban J connectivity index is 2.00. The van der Waals surface area contributed by atoms with E-state index in [0.717, 1.165) is 30.5 Å². The minimum atomic E-state index is -0.548. The van der Waals surface area contributed by atoms with Crippen LogP contribution in [0.3, 0.4) is 0 Å². The fourth-order valence-corrected chi connectivity index (χ4v) is 3.41. The van der Waals surface area contributed by atoms with Crippen LogP contribution in [0.5, 0.6) is 0 Å². The molecule has 0 aliphatic carbocycles. The molecule has 1 atom stereocenters. The van der Waals surface area contributed by atoms with Crippen LogP contribution in [0, 0.1) is 6.92 Å². The van der Waals surface area contributed by atoms with E-state index in [4.69, 9.17) is 5.73 Å². The van der Waals surface area contributed by atoms with Crippen LogP contribution in [0.1, 0.15) is 35.6 Å². The van der Waals surface area contributed by atoms with Crippen molar-refractivity contribution in [3.8, 4) is 0 Å². The van der Waals surface area contributed by atoms with Gasteiger partial charge in [-0.3, -0.25) is 5.32 Å². The molecule has 0 radical (unpaired) electrons. The van der Waals surface area contributed by atoms with Gasteiger partial charge in [0.15, 0.2) is 0 Å². The first-order valence-corrected chi connectivity index (χ1v) is 10.4. The molecule has 0 heterocycles. The highest BCUT2D eigenvalue weighted by Crippen LogP contribution is 2.16. The van der Waals surface area contributed by atoms with Crippen LogP contribution < -0.4 is 27.0 Å². The highest BCUT2D eigenvalue weighted by atomic mass is 16.2. The molecule has 4 amide bonds. The number of amides is 4. The molecule has 0 bridgehead atoms. The summed E-state index contributed by atoms with van der Waals surface area (Å²) >= 11 is 0. The molecule has 2 rings (SSSR count). The highest BCUT2D eigenvalue weighted by molar-refractivity contribution is 5.89. The predicted octanol–water partition coefficient (Wildman–Crippen LogP) is 3.07. The average molecular weight is 412 g/mol. The number of primary amides is 1. The number of benzene rings is 2. The molecule has 162 valence electrons. The molecule has 7 nitrogen and oxygen atoms in total. The maximum atomic E-state index is 11.5. The molecule has 0 aromatic heterocycles. The van der Waals surface area contributed by atoms with Gasteiger partial charge in [0.1, 0.15) is 0 Å². The van der Waals surface area contributed by atoms with E-state index in [2.05, 4.69) is 53.3 Å². The third-order valence-corrected chi connectivity index (χ3v) is 4.84. The monoisotopic (exact) mass is 411 g/mol. The van der Waals surface area contributed by atoms with Gasteiger partial charge in [0.25, 0.3) is 0 Å². The highest BCUT2D eigenvalue weighted by Gasteiger charge is 2.13.